The molecule has 0 bridgehead atoms. The molecule has 0 fully saturated rings. The van der Waals surface area contributed by atoms with Crippen LogP contribution >= 0.6 is 11.3 Å². The number of hydrogen-bond donors (Lipinski definition) is 0. The van der Waals surface area contributed by atoms with Gasteiger partial charge in [-0.1, -0.05) is 30.4 Å². The Bertz CT molecular complexity index is 934. The van der Waals surface area contributed by atoms with Crippen LogP contribution < -0.4 is 10.3 Å². The van der Waals surface area contributed by atoms with Crippen molar-refractivity contribution < 1.29 is 9.66 Å². The SMILES string of the molecule is CCc1nn2c(=O)cc(COc3ccccc3[N+](=O)[O-])nc2s1. The van der Waals surface area contributed by atoms with Crippen molar-refractivity contribution in [3.63, 3.8) is 0 Å². The van der Waals surface area contributed by atoms with Gasteiger partial charge in [-0.15, -0.1) is 0 Å². The van der Waals surface area contributed by atoms with Gasteiger partial charge in [0, 0.05) is 12.1 Å². The number of nitro benzene ring substituents is 1. The van der Waals surface area contributed by atoms with Gasteiger partial charge in [0.2, 0.25) is 4.96 Å². The summed E-state index contributed by atoms with van der Waals surface area (Å²) in [6.07, 6.45) is 0.718. The van der Waals surface area contributed by atoms with E-state index in [1.165, 1.54) is 34.1 Å². The Balaban J connectivity index is 1.88. The molecule has 0 aliphatic carbocycles. The molecule has 2 heterocycles. The zero-order chi connectivity index (χ0) is 16.4. The highest BCUT2D eigenvalue weighted by molar-refractivity contribution is 7.16. The average Bonchev–Trinajstić information content (AvgIpc) is 2.97. The van der Waals surface area contributed by atoms with Gasteiger partial charge in [-0.25, -0.2) is 4.98 Å². The fourth-order valence-corrected chi connectivity index (χ4v) is 2.85. The first-order valence-corrected chi connectivity index (χ1v) is 7.65. The van der Waals surface area contributed by atoms with Gasteiger partial charge < -0.3 is 4.74 Å². The van der Waals surface area contributed by atoms with E-state index in [9.17, 15) is 14.9 Å². The minimum atomic E-state index is -0.516. The number of hydrogen-bond acceptors (Lipinski definition) is 7. The molecule has 0 saturated carbocycles. The molecule has 2 aromatic heterocycles. The minimum absolute atomic E-state index is 0.0318. The van der Waals surface area contributed by atoms with Crippen molar-refractivity contribution >= 4 is 22.0 Å². The Hall–Kier alpha value is -2.81. The van der Waals surface area contributed by atoms with E-state index in [-0.39, 0.29) is 23.6 Å². The van der Waals surface area contributed by atoms with Gasteiger partial charge in [0.05, 0.1) is 10.6 Å². The van der Waals surface area contributed by atoms with Gasteiger partial charge in [-0.2, -0.15) is 9.61 Å². The van der Waals surface area contributed by atoms with Gasteiger partial charge in [0.1, 0.15) is 11.6 Å². The summed E-state index contributed by atoms with van der Waals surface area (Å²) in [6.45, 7) is 1.91. The zero-order valence-electron chi connectivity index (χ0n) is 12.1. The van der Waals surface area contributed by atoms with E-state index in [0.29, 0.717) is 10.7 Å². The Kier molecular flexibility index (Phi) is 4.02. The molecule has 0 spiro atoms. The van der Waals surface area contributed by atoms with Crippen LogP contribution in [0.25, 0.3) is 4.96 Å². The van der Waals surface area contributed by atoms with E-state index in [1.807, 2.05) is 6.92 Å². The number of nitro groups is 1. The lowest BCUT2D eigenvalue weighted by molar-refractivity contribution is -0.385. The second-order valence-corrected chi connectivity index (χ2v) is 5.68. The van der Waals surface area contributed by atoms with E-state index < -0.39 is 4.92 Å². The monoisotopic (exact) mass is 332 g/mol. The highest BCUT2D eigenvalue weighted by atomic mass is 32.1. The summed E-state index contributed by atoms with van der Waals surface area (Å²) in [5.74, 6) is 0.137. The van der Waals surface area contributed by atoms with Gasteiger partial charge >= 0.3 is 5.69 Å². The second kappa shape index (κ2) is 6.13. The maximum absolute atomic E-state index is 12.0. The summed E-state index contributed by atoms with van der Waals surface area (Å²) >= 11 is 1.33. The Morgan fingerprint density at radius 2 is 2.17 bits per heavy atom. The number of benzene rings is 1. The fourth-order valence-electron chi connectivity index (χ4n) is 1.99. The summed E-state index contributed by atoms with van der Waals surface area (Å²) in [7, 11) is 0. The highest BCUT2D eigenvalue weighted by Crippen LogP contribution is 2.26. The molecular weight excluding hydrogens is 320 g/mol. The summed E-state index contributed by atoms with van der Waals surface area (Å²) < 4.78 is 6.70. The topological polar surface area (TPSA) is 99.6 Å². The van der Waals surface area contributed by atoms with E-state index in [1.54, 1.807) is 12.1 Å². The van der Waals surface area contributed by atoms with Crippen LogP contribution in [-0.4, -0.2) is 19.5 Å². The van der Waals surface area contributed by atoms with Crippen LogP contribution in [0.4, 0.5) is 5.69 Å². The lowest BCUT2D eigenvalue weighted by Gasteiger charge is -2.05. The van der Waals surface area contributed by atoms with Crippen LogP contribution in [0.2, 0.25) is 0 Å². The Labute approximate surface area is 134 Å². The average molecular weight is 332 g/mol. The molecule has 0 atom stereocenters. The molecule has 0 aliphatic heterocycles. The molecule has 1 aromatic carbocycles. The number of aromatic nitrogens is 3. The van der Waals surface area contributed by atoms with Crippen molar-refractivity contribution in [1.82, 2.24) is 14.6 Å². The maximum atomic E-state index is 12.0. The first kappa shape index (κ1) is 15.1. The lowest BCUT2D eigenvalue weighted by atomic mass is 10.3. The van der Waals surface area contributed by atoms with E-state index in [0.717, 1.165) is 11.4 Å². The quantitative estimate of drug-likeness (QED) is 0.524. The molecule has 0 saturated heterocycles. The molecule has 3 rings (SSSR count). The van der Waals surface area contributed by atoms with Crippen LogP contribution in [0.1, 0.15) is 17.6 Å². The van der Waals surface area contributed by atoms with Gasteiger partial charge in [0.15, 0.2) is 5.75 Å². The largest absolute Gasteiger partial charge is 0.480 e. The number of ether oxygens (including phenoxy) is 1. The molecule has 23 heavy (non-hydrogen) atoms. The number of nitrogens with zero attached hydrogens (tertiary/aromatic N) is 4. The van der Waals surface area contributed by atoms with Crippen molar-refractivity contribution in [2.75, 3.05) is 0 Å². The van der Waals surface area contributed by atoms with Gasteiger partial charge in [0.25, 0.3) is 5.56 Å². The van der Waals surface area contributed by atoms with Gasteiger partial charge in [-0.05, 0) is 12.5 Å². The fraction of sp³-hybridized carbons (Fsp3) is 0.214. The highest BCUT2D eigenvalue weighted by Gasteiger charge is 2.14. The third-order valence-corrected chi connectivity index (χ3v) is 4.13. The second-order valence-electron chi connectivity index (χ2n) is 4.64. The van der Waals surface area contributed by atoms with Crippen LogP contribution in [-0.2, 0) is 13.0 Å². The summed E-state index contributed by atoms with van der Waals surface area (Å²) in [6, 6.07) is 7.39. The van der Waals surface area contributed by atoms with Crippen molar-refractivity contribution in [3.8, 4) is 5.75 Å². The molecular formula is C14H12N4O4S. The van der Waals surface area contributed by atoms with E-state index in [4.69, 9.17) is 4.74 Å². The van der Waals surface area contributed by atoms with Crippen molar-refractivity contribution in [2.45, 2.75) is 20.0 Å². The number of rotatable bonds is 5. The predicted octanol–water partition coefficient (Wildman–Crippen LogP) is 2.20. The lowest BCUT2D eigenvalue weighted by Crippen LogP contribution is -2.16. The summed E-state index contributed by atoms with van der Waals surface area (Å²) in [5.41, 5.74) is -0.0251. The smallest absolute Gasteiger partial charge is 0.310 e. The first-order valence-electron chi connectivity index (χ1n) is 6.83. The molecule has 0 amide bonds. The molecule has 0 radical (unpaired) electrons. The predicted molar refractivity (Wildman–Crippen MR) is 83.9 cm³/mol. The molecule has 3 aromatic rings. The number of para-hydroxylation sites is 2. The maximum Gasteiger partial charge on any atom is 0.310 e. The van der Waals surface area contributed by atoms with Crippen LogP contribution in [0.5, 0.6) is 5.75 Å². The molecule has 0 unspecified atom stereocenters. The van der Waals surface area contributed by atoms with Crippen LogP contribution in [0, 0.1) is 10.1 Å². The van der Waals surface area contributed by atoms with Crippen molar-refractivity contribution in [2.24, 2.45) is 0 Å². The third kappa shape index (κ3) is 3.04. The molecule has 8 nitrogen and oxygen atoms in total. The number of aryl methyl sites for hydroxylation is 1. The Morgan fingerprint density at radius 3 is 2.91 bits per heavy atom. The standard InChI is InChI=1S/C14H12N4O4S/c1-2-12-16-17-13(19)7-9(15-14(17)23-12)8-22-11-6-4-3-5-10(11)18(20)21/h3-7H,2,8H2,1H3. The third-order valence-electron chi connectivity index (χ3n) is 3.08. The number of fused-ring (bicyclic) bond motifs is 1. The molecule has 118 valence electrons. The van der Waals surface area contributed by atoms with Crippen LogP contribution in [0.3, 0.4) is 0 Å². The van der Waals surface area contributed by atoms with Crippen molar-refractivity contribution in [1.29, 1.82) is 0 Å². The summed E-state index contributed by atoms with van der Waals surface area (Å²) in [4.78, 5) is 27.3. The van der Waals surface area contributed by atoms with Crippen LogP contribution in [0.15, 0.2) is 35.1 Å². The normalized spacial score (nSPS) is 10.8. The van der Waals surface area contributed by atoms with E-state index >= 15 is 0 Å². The van der Waals surface area contributed by atoms with Crippen molar-refractivity contribution in [3.05, 3.63) is 61.5 Å². The molecule has 0 aliphatic rings. The van der Waals surface area contributed by atoms with E-state index in [2.05, 4.69) is 10.1 Å². The van der Waals surface area contributed by atoms with Gasteiger partial charge in [-0.3, -0.25) is 14.9 Å². The first-order chi connectivity index (χ1) is 11.1. The molecule has 0 N–H and O–H groups in total. The minimum Gasteiger partial charge on any atom is -0.480 e. The molecule has 9 heteroatoms. The summed E-state index contributed by atoms with van der Waals surface area (Å²) in [5, 5.41) is 15.9. The Morgan fingerprint density at radius 1 is 1.39 bits per heavy atom. The zero-order valence-corrected chi connectivity index (χ0v) is 12.9.